The van der Waals surface area contributed by atoms with Crippen LogP contribution in [0.2, 0.25) is 0 Å². The van der Waals surface area contributed by atoms with Crippen molar-refractivity contribution in [1.29, 1.82) is 0 Å². The molecule has 14 heavy (non-hydrogen) atoms. The summed E-state index contributed by atoms with van der Waals surface area (Å²) >= 11 is 3.28. The van der Waals surface area contributed by atoms with Crippen LogP contribution in [-0.2, 0) is 4.79 Å². The minimum atomic E-state index is -0.311. The number of carbonyl (C=O) groups excluding carboxylic acids is 2. The molecule has 1 saturated heterocycles. The molecule has 1 N–H and O–H groups in total. The third-order valence-electron chi connectivity index (χ3n) is 2.51. The van der Waals surface area contributed by atoms with E-state index in [2.05, 4.69) is 21.2 Å². The van der Waals surface area contributed by atoms with E-state index in [0.29, 0.717) is 0 Å². The third kappa shape index (κ3) is 1.92. The van der Waals surface area contributed by atoms with Crippen molar-refractivity contribution in [3.63, 3.8) is 0 Å². The Morgan fingerprint density at radius 3 is 2.64 bits per heavy atom. The molecule has 1 fully saturated rings. The van der Waals surface area contributed by atoms with Gasteiger partial charge in [0.1, 0.15) is 4.83 Å². The molecule has 1 aliphatic heterocycles. The molecule has 4 nitrogen and oxygen atoms in total. The van der Waals surface area contributed by atoms with E-state index in [-0.39, 0.29) is 28.8 Å². The van der Waals surface area contributed by atoms with Gasteiger partial charge in [0, 0.05) is 12.1 Å². The van der Waals surface area contributed by atoms with Crippen LogP contribution in [-0.4, -0.2) is 33.7 Å². The molecular weight excluding hydrogens is 248 g/mol. The van der Waals surface area contributed by atoms with Gasteiger partial charge in [-0.1, -0.05) is 22.9 Å². The Morgan fingerprint density at radius 2 is 2.14 bits per heavy atom. The summed E-state index contributed by atoms with van der Waals surface area (Å²) < 4.78 is 0. The molecule has 0 radical (unpaired) electrons. The van der Waals surface area contributed by atoms with E-state index in [1.807, 2.05) is 20.8 Å². The van der Waals surface area contributed by atoms with E-state index in [0.717, 1.165) is 6.42 Å². The van der Waals surface area contributed by atoms with Gasteiger partial charge in [0.2, 0.25) is 5.91 Å². The Kier molecular flexibility index (Phi) is 3.53. The zero-order chi connectivity index (χ0) is 10.9. The van der Waals surface area contributed by atoms with Gasteiger partial charge >= 0.3 is 6.03 Å². The molecule has 0 aromatic heterocycles. The first-order valence-electron chi connectivity index (χ1n) is 4.76. The van der Waals surface area contributed by atoms with Gasteiger partial charge < -0.3 is 5.32 Å². The van der Waals surface area contributed by atoms with Crippen molar-refractivity contribution in [3.05, 3.63) is 0 Å². The number of amides is 3. The van der Waals surface area contributed by atoms with Crippen LogP contribution < -0.4 is 5.32 Å². The normalized spacial score (nSPS) is 30.1. The summed E-state index contributed by atoms with van der Waals surface area (Å²) in [7, 11) is 0. The Bertz CT molecular complexity index is 257. The van der Waals surface area contributed by atoms with Gasteiger partial charge in [-0.25, -0.2) is 4.79 Å². The maximum Gasteiger partial charge on any atom is 0.324 e. The van der Waals surface area contributed by atoms with Gasteiger partial charge in [0.25, 0.3) is 0 Å². The fraction of sp³-hybridized carbons (Fsp3) is 0.778. The van der Waals surface area contributed by atoms with Crippen LogP contribution in [0.5, 0.6) is 0 Å². The maximum absolute atomic E-state index is 11.8. The summed E-state index contributed by atoms with van der Waals surface area (Å²) in [5, 5.41) is 2.74. The van der Waals surface area contributed by atoms with Crippen LogP contribution in [0, 0.1) is 0 Å². The second-order valence-electron chi connectivity index (χ2n) is 3.61. The fourth-order valence-corrected chi connectivity index (χ4v) is 1.74. The standard InChI is InChI=1S/C9H15BrN2O2/c1-4-5(2)12-8(13)7(10)6(3)11-9(12)14/h5-7H,4H2,1-3H3,(H,11,14). The topological polar surface area (TPSA) is 49.4 Å². The van der Waals surface area contributed by atoms with E-state index in [1.165, 1.54) is 4.90 Å². The summed E-state index contributed by atoms with van der Waals surface area (Å²) in [4.78, 5) is 24.3. The SMILES string of the molecule is CCC(C)N1C(=O)NC(C)C(Br)C1=O. The van der Waals surface area contributed by atoms with Crippen molar-refractivity contribution in [3.8, 4) is 0 Å². The number of hydrogen-bond acceptors (Lipinski definition) is 2. The molecule has 1 aliphatic rings. The molecule has 0 aromatic carbocycles. The second-order valence-corrected chi connectivity index (χ2v) is 4.59. The highest BCUT2D eigenvalue weighted by molar-refractivity contribution is 9.10. The number of alkyl halides is 1. The highest BCUT2D eigenvalue weighted by Gasteiger charge is 2.39. The number of urea groups is 1. The lowest BCUT2D eigenvalue weighted by atomic mass is 10.1. The molecule has 0 bridgehead atoms. The van der Waals surface area contributed by atoms with E-state index in [1.54, 1.807) is 0 Å². The molecule has 0 saturated carbocycles. The van der Waals surface area contributed by atoms with Gasteiger partial charge in [-0.15, -0.1) is 0 Å². The molecular formula is C9H15BrN2O2. The van der Waals surface area contributed by atoms with E-state index < -0.39 is 0 Å². The van der Waals surface area contributed by atoms with Gasteiger partial charge in [-0.05, 0) is 20.3 Å². The molecule has 3 amide bonds. The summed E-state index contributed by atoms with van der Waals surface area (Å²) in [6.45, 7) is 5.63. The number of nitrogens with one attached hydrogen (secondary N) is 1. The quantitative estimate of drug-likeness (QED) is 0.767. The predicted octanol–water partition coefficient (Wildman–Crippen LogP) is 1.49. The Balaban J connectivity index is 2.84. The van der Waals surface area contributed by atoms with Crippen LogP contribution >= 0.6 is 15.9 Å². The summed E-state index contributed by atoms with van der Waals surface area (Å²) in [6, 6.07) is -0.474. The fourth-order valence-electron chi connectivity index (χ4n) is 1.38. The first kappa shape index (κ1) is 11.5. The number of halogens is 1. The Labute approximate surface area is 92.2 Å². The first-order valence-corrected chi connectivity index (χ1v) is 5.68. The largest absolute Gasteiger partial charge is 0.333 e. The van der Waals surface area contributed by atoms with Crippen LogP contribution in [0.15, 0.2) is 0 Å². The minimum absolute atomic E-state index is 0.0463. The molecule has 1 rings (SSSR count). The Morgan fingerprint density at radius 1 is 1.57 bits per heavy atom. The van der Waals surface area contributed by atoms with E-state index in [9.17, 15) is 9.59 Å². The number of hydrogen-bond donors (Lipinski definition) is 1. The average Bonchev–Trinajstić information content (AvgIpc) is 2.14. The number of nitrogens with zero attached hydrogens (tertiary/aromatic N) is 1. The van der Waals surface area contributed by atoms with Gasteiger partial charge in [-0.2, -0.15) is 0 Å². The average molecular weight is 263 g/mol. The lowest BCUT2D eigenvalue weighted by Gasteiger charge is -2.36. The van der Waals surface area contributed by atoms with Crippen molar-refractivity contribution in [2.24, 2.45) is 0 Å². The lowest BCUT2D eigenvalue weighted by Crippen LogP contribution is -2.61. The van der Waals surface area contributed by atoms with Gasteiger partial charge in [0.15, 0.2) is 0 Å². The minimum Gasteiger partial charge on any atom is -0.333 e. The summed E-state index contributed by atoms with van der Waals surface area (Å²) in [5.41, 5.74) is 0. The van der Waals surface area contributed by atoms with Crippen molar-refractivity contribution < 1.29 is 9.59 Å². The predicted molar refractivity (Wildman–Crippen MR) is 57.3 cm³/mol. The first-order chi connectivity index (χ1) is 6.49. The summed E-state index contributed by atoms with van der Waals surface area (Å²) in [6.07, 6.45) is 0.771. The van der Waals surface area contributed by atoms with Crippen molar-refractivity contribution >= 4 is 27.9 Å². The van der Waals surface area contributed by atoms with Gasteiger partial charge in [-0.3, -0.25) is 9.69 Å². The van der Waals surface area contributed by atoms with Crippen molar-refractivity contribution in [2.45, 2.75) is 44.1 Å². The zero-order valence-electron chi connectivity index (χ0n) is 8.58. The number of imide groups is 1. The summed E-state index contributed by atoms with van der Waals surface area (Å²) in [5.74, 6) is -0.143. The molecule has 0 aliphatic carbocycles. The van der Waals surface area contributed by atoms with Crippen LogP contribution in [0.1, 0.15) is 27.2 Å². The molecule has 3 atom stereocenters. The van der Waals surface area contributed by atoms with Crippen LogP contribution in [0.25, 0.3) is 0 Å². The van der Waals surface area contributed by atoms with E-state index >= 15 is 0 Å². The lowest BCUT2D eigenvalue weighted by molar-refractivity contribution is -0.130. The molecule has 5 heteroatoms. The molecule has 1 heterocycles. The smallest absolute Gasteiger partial charge is 0.324 e. The van der Waals surface area contributed by atoms with E-state index in [4.69, 9.17) is 0 Å². The zero-order valence-corrected chi connectivity index (χ0v) is 10.2. The highest BCUT2D eigenvalue weighted by Crippen LogP contribution is 2.18. The van der Waals surface area contributed by atoms with Gasteiger partial charge in [0.05, 0.1) is 0 Å². The number of carbonyl (C=O) groups is 2. The van der Waals surface area contributed by atoms with Crippen molar-refractivity contribution in [1.82, 2.24) is 10.2 Å². The monoisotopic (exact) mass is 262 g/mol. The second kappa shape index (κ2) is 4.29. The maximum atomic E-state index is 11.8. The number of rotatable bonds is 2. The van der Waals surface area contributed by atoms with Crippen LogP contribution in [0.4, 0.5) is 4.79 Å². The molecule has 3 unspecified atom stereocenters. The molecule has 80 valence electrons. The molecule has 0 aromatic rings. The van der Waals surface area contributed by atoms with Crippen molar-refractivity contribution in [2.75, 3.05) is 0 Å². The van der Waals surface area contributed by atoms with Crippen LogP contribution in [0.3, 0.4) is 0 Å². The Hall–Kier alpha value is -0.580. The highest BCUT2D eigenvalue weighted by atomic mass is 79.9. The molecule has 0 spiro atoms. The third-order valence-corrected chi connectivity index (χ3v) is 3.70.